The Kier molecular flexibility index (Phi) is 6.45. The van der Waals surface area contributed by atoms with Gasteiger partial charge in [-0.25, -0.2) is 9.78 Å². The highest BCUT2D eigenvalue weighted by molar-refractivity contribution is 6.01. The molecule has 1 heterocycles. The number of hydrogen-bond acceptors (Lipinski definition) is 4. The van der Waals surface area contributed by atoms with Crippen LogP contribution in [0.25, 0.3) is 22.2 Å². The van der Waals surface area contributed by atoms with Gasteiger partial charge >= 0.3 is 5.97 Å². The molecule has 0 radical (unpaired) electrons. The van der Waals surface area contributed by atoms with Crippen LogP contribution < -0.4 is 0 Å². The van der Waals surface area contributed by atoms with Crippen LogP contribution in [0.3, 0.4) is 0 Å². The normalized spacial score (nSPS) is 10.9. The van der Waals surface area contributed by atoms with E-state index in [2.05, 4.69) is 23.0 Å². The predicted octanol–water partition coefficient (Wildman–Crippen LogP) is 6.05. The number of aldehydes is 1. The lowest BCUT2D eigenvalue weighted by Gasteiger charge is -2.14. The number of aromatic nitrogens is 2. The topological polar surface area (TPSA) is 72.1 Å². The van der Waals surface area contributed by atoms with Gasteiger partial charge in [0.15, 0.2) is 6.29 Å². The summed E-state index contributed by atoms with van der Waals surface area (Å²) in [6.45, 7) is 4.19. The van der Waals surface area contributed by atoms with Crippen LogP contribution >= 0.6 is 0 Å². The molecule has 0 saturated carbocycles. The number of fused-ring (bicyclic) bond motifs is 1. The van der Waals surface area contributed by atoms with Crippen LogP contribution in [0.1, 0.15) is 57.4 Å². The standard InChI is InChI=1S/C27H26N2O3/c1-3-4-8-20-15-19(13-14-23(20)22-10-6-5-9-21(22)16-30)17-32-27(31)24-11-7-12-25-26(24)29-18(2)28-25/h5-7,9-16H,3-4,8,17H2,1-2H3,(H,28,29). The second kappa shape index (κ2) is 9.60. The molecule has 0 unspecified atom stereocenters. The molecule has 0 fully saturated rings. The van der Waals surface area contributed by atoms with Gasteiger partial charge in [0.25, 0.3) is 0 Å². The molecule has 0 aliphatic heterocycles. The second-order valence-electron chi connectivity index (χ2n) is 7.90. The summed E-state index contributed by atoms with van der Waals surface area (Å²) in [6.07, 6.45) is 3.90. The Morgan fingerprint density at radius 2 is 1.91 bits per heavy atom. The monoisotopic (exact) mass is 426 g/mol. The number of aryl methyl sites for hydroxylation is 2. The number of H-pyrrole nitrogens is 1. The van der Waals surface area contributed by atoms with E-state index in [1.165, 1.54) is 0 Å². The van der Waals surface area contributed by atoms with Gasteiger partial charge in [0.2, 0.25) is 0 Å². The number of ether oxygens (including phenoxy) is 1. The summed E-state index contributed by atoms with van der Waals surface area (Å²) >= 11 is 0. The minimum atomic E-state index is -0.396. The third kappa shape index (κ3) is 4.47. The molecular weight excluding hydrogens is 400 g/mol. The highest BCUT2D eigenvalue weighted by Gasteiger charge is 2.15. The first kappa shape index (κ1) is 21.5. The van der Waals surface area contributed by atoms with Crippen molar-refractivity contribution < 1.29 is 14.3 Å². The zero-order chi connectivity index (χ0) is 22.5. The molecule has 162 valence electrons. The molecular formula is C27H26N2O3. The first-order valence-corrected chi connectivity index (χ1v) is 10.9. The van der Waals surface area contributed by atoms with Crippen LogP contribution in [0.15, 0.2) is 60.7 Å². The molecule has 0 atom stereocenters. The summed E-state index contributed by atoms with van der Waals surface area (Å²) in [6, 6.07) is 19.1. The third-order valence-corrected chi connectivity index (χ3v) is 5.57. The molecule has 32 heavy (non-hydrogen) atoms. The van der Waals surface area contributed by atoms with Gasteiger partial charge in [-0.05, 0) is 54.2 Å². The van der Waals surface area contributed by atoms with E-state index in [0.29, 0.717) is 16.6 Å². The number of rotatable bonds is 8. The van der Waals surface area contributed by atoms with Crippen molar-refractivity contribution in [2.75, 3.05) is 0 Å². The fourth-order valence-electron chi connectivity index (χ4n) is 3.97. The van der Waals surface area contributed by atoms with Crippen molar-refractivity contribution in [1.82, 2.24) is 9.97 Å². The Bertz CT molecular complexity index is 1270. The molecule has 4 rings (SSSR count). The van der Waals surface area contributed by atoms with Gasteiger partial charge in [0.05, 0.1) is 11.1 Å². The highest BCUT2D eigenvalue weighted by atomic mass is 16.5. The summed E-state index contributed by atoms with van der Waals surface area (Å²) < 4.78 is 5.63. The molecule has 5 nitrogen and oxygen atoms in total. The van der Waals surface area contributed by atoms with E-state index >= 15 is 0 Å². The molecule has 1 N–H and O–H groups in total. The molecule has 5 heteroatoms. The number of benzene rings is 3. The summed E-state index contributed by atoms with van der Waals surface area (Å²) in [4.78, 5) is 31.8. The number of imidazole rings is 1. The van der Waals surface area contributed by atoms with Crippen molar-refractivity contribution in [3.8, 4) is 11.1 Å². The van der Waals surface area contributed by atoms with Crippen molar-refractivity contribution in [2.45, 2.75) is 39.7 Å². The number of aromatic amines is 1. The average molecular weight is 427 g/mol. The van der Waals surface area contributed by atoms with E-state index in [4.69, 9.17) is 4.74 Å². The average Bonchev–Trinajstić information content (AvgIpc) is 3.21. The predicted molar refractivity (Wildman–Crippen MR) is 126 cm³/mol. The van der Waals surface area contributed by atoms with Crippen LogP contribution in [0.4, 0.5) is 0 Å². The van der Waals surface area contributed by atoms with Crippen LogP contribution in [-0.4, -0.2) is 22.2 Å². The zero-order valence-corrected chi connectivity index (χ0v) is 18.4. The van der Waals surface area contributed by atoms with Crippen LogP contribution in [-0.2, 0) is 17.8 Å². The van der Waals surface area contributed by atoms with Gasteiger partial charge < -0.3 is 9.72 Å². The molecule has 0 saturated heterocycles. The second-order valence-corrected chi connectivity index (χ2v) is 7.90. The largest absolute Gasteiger partial charge is 0.457 e. The van der Waals surface area contributed by atoms with E-state index in [1.807, 2.05) is 55.5 Å². The lowest BCUT2D eigenvalue weighted by Crippen LogP contribution is -2.06. The Balaban J connectivity index is 1.58. The van der Waals surface area contributed by atoms with Crippen LogP contribution in [0.2, 0.25) is 0 Å². The molecule has 0 spiro atoms. The number of unbranched alkanes of at least 4 members (excludes halogenated alkanes) is 1. The van der Waals surface area contributed by atoms with Crippen molar-refractivity contribution >= 4 is 23.3 Å². The minimum Gasteiger partial charge on any atom is -0.457 e. The molecule has 0 aliphatic rings. The number of nitrogens with one attached hydrogen (secondary N) is 1. The maximum Gasteiger partial charge on any atom is 0.340 e. The maximum absolute atomic E-state index is 12.8. The lowest BCUT2D eigenvalue weighted by molar-refractivity contribution is 0.0474. The van der Waals surface area contributed by atoms with Gasteiger partial charge in [-0.1, -0.05) is 61.9 Å². The van der Waals surface area contributed by atoms with E-state index in [0.717, 1.165) is 59.1 Å². The molecule has 0 bridgehead atoms. The van der Waals surface area contributed by atoms with Crippen molar-refractivity contribution in [2.24, 2.45) is 0 Å². The number of carbonyl (C=O) groups excluding carboxylic acids is 2. The summed E-state index contributed by atoms with van der Waals surface area (Å²) in [5, 5.41) is 0. The van der Waals surface area contributed by atoms with Gasteiger partial charge in [-0.3, -0.25) is 4.79 Å². The van der Waals surface area contributed by atoms with E-state index < -0.39 is 5.97 Å². The van der Waals surface area contributed by atoms with Gasteiger partial charge in [-0.15, -0.1) is 0 Å². The molecule has 3 aromatic carbocycles. The van der Waals surface area contributed by atoms with Crippen molar-refractivity contribution in [3.05, 3.63) is 88.7 Å². The number of para-hydroxylation sites is 1. The zero-order valence-electron chi connectivity index (χ0n) is 18.4. The first-order valence-electron chi connectivity index (χ1n) is 10.9. The van der Waals surface area contributed by atoms with Crippen LogP contribution in [0, 0.1) is 6.92 Å². The number of esters is 1. The van der Waals surface area contributed by atoms with Crippen molar-refractivity contribution in [3.63, 3.8) is 0 Å². The van der Waals surface area contributed by atoms with Gasteiger partial charge in [-0.2, -0.15) is 0 Å². The summed E-state index contributed by atoms with van der Waals surface area (Å²) in [5.74, 6) is 0.361. The minimum absolute atomic E-state index is 0.174. The molecule has 0 aliphatic carbocycles. The smallest absolute Gasteiger partial charge is 0.340 e. The lowest BCUT2D eigenvalue weighted by atomic mass is 9.92. The van der Waals surface area contributed by atoms with E-state index in [1.54, 1.807) is 6.07 Å². The number of nitrogens with zero attached hydrogens (tertiary/aromatic N) is 1. The van der Waals surface area contributed by atoms with E-state index in [-0.39, 0.29) is 6.61 Å². The molecule has 4 aromatic rings. The molecule has 0 amide bonds. The highest BCUT2D eigenvalue weighted by Crippen LogP contribution is 2.29. The maximum atomic E-state index is 12.8. The Morgan fingerprint density at radius 1 is 1.06 bits per heavy atom. The Morgan fingerprint density at radius 3 is 2.72 bits per heavy atom. The van der Waals surface area contributed by atoms with E-state index in [9.17, 15) is 9.59 Å². The number of carbonyl (C=O) groups is 2. The first-order chi connectivity index (χ1) is 15.6. The fourth-order valence-corrected chi connectivity index (χ4v) is 3.97. The Labute approximate surface area is 187 Å². The van der Waals surface area contributed by atoms with Crippen molar-refractivity contribution in [1.29, 1.82) is 0 Å². The SMILES string of the molecule is CCCCc1cc(COC(=O)c2cccc3[nH]c(C)nc23)ccc1-c1ccccc1C=O. The fraction of sp³-hybridized carbons (Fsp3) is 0.222. The summed E-state index contributed by atoms with van der Waals surface area (Å²) in [7, 11) is 0. The van der Waals surface area contributed by atoms with Gasteiger partial charge in [0, 0.05) is 5.56 Å². The quantitative estimate of drug-likeness (QED) is 0.275. The van der Waals surface area contributed by atoms with Crippen LogP contribution in [0.5, 0.6) is 0 Å². The third-order valence-electron chi connectivity index (χ3n) is 5.57. The Hall–Kier alpha value is -3.73. The summed E-state index contributed by atoms with van der Waals surface area (Å²) in [5.41, 5.74) is 6.62. The number of hydrogen-bond donors (Lipinski definition) is 1. The van der Waals surface area contributed by atoms with Gasteiger partial charge in [0.1, 0.15) is 17.9 Å². The molecule has 1 aromatic heterocycles.